The molecule has 0 aromatic heterocycles. The summed E-state index contributed by atoms with van der Waals surface area (Å²) in [5, 5.41) is 4.04. The van der Waals surface area contributed by atoms with Crippen LogP contribution in [0.25, 0.3) is 0 Å². The average molecular weight is 318 g/mol. The number of carbonyl (C=O) groups is 1. The first-order valence-electron chi connectivity index (χ1n) is 6.79. The summed E-state index contributed by atoms with van der Waals surface area (Å²) in [5.74, 6) is -0.0860. The van der Waals surface area contributed by atoms with E-state index in [1.165, 1.54) is 0 Å². The average Bonchev–Trinajstić information content (AvgIpc) is 2.43. The summed E-state index contributed by atoms with van der Waals surface area (Å²) in [6.45, 7) is 3.95. The number of hydrogen-bond donors (Lipinski definition) is 1. The summed E-state index contributed by atoms with van der Waals surface area (Å²) < 4.78 is 5.28. The molecule has 0 radical (unpaired) electrons. The molecule has 0 aliphatic carbocycles. The lowest BCUT2D eigenvalue weighted by molar-refractivity contribution is -0.156. The predicted octanol–water partition coefficient (Wildman–Crippen LogP) is 3.24. The molecule has 20 heavy (non-hydrogen) atoms. The molecular formula is C15H21Cl2NO2. The van der Waals surface area contributed by atoms with Gasteiger partial charge in [0.25, 0.3) is 0 Å². The highest BCUT2D eigenvalue weighted by molar-refractivity contribution is 6.30. The molecule has 0 saturated carbocycles. The van der Waals surface area contributed by atoms with E-state index in [1.807, 2.05) is 31.2 Å². The van der Waals surface area contributed by atoms with Crippen molar-refractivity contribution >= 4 is 30.0 Å². The third-order valence-electron chi connectivity index (χ3n) is 3.64. The molecule has 1 saturated heterocycles. The van der Waals surface area contributed by atoms with Crippen LogP contribution < -0.4 is 5.32 Å². The highest BCUT2D eigenvalue weighted by Crippen LogP contribution is 2.32. The van der Waals surface area contributed by atoms with Crippen LogP contribution in [-0.4, -0.2) is 25.7 Å². The Hall–Kier alpha value is -0.770. The van der Waals surface area contributed by atoms with Gasteiger partial charge in [0.15, 0.2) is 0 Å². The third kappa shape index (κ3) is 4.11. The molecule has 1 N–H and O–H groups in total. The lowest BCUT2D eigenvalue weighted by Gasteiger charge is -2.35. The lowest BCUT2D eigenvalue weighted by atomic mass is 9.76. The van der Waals surface area contributed by atoms with Crippen molar-refractivity contribution in [3.8, 4) is 0 Å². The maximum Gasteiger partial charge on any atom is 0.313 e. The lowest BCUT2D eigenvalue weighted by Crippen LogP contribution is -2.47. The Morgan fingerprint density at radius 2 is 2.10 bits per heavy atom. The van der Waals surface area contributed by atoms with Crippen molar-refractivity contribution in [1.82, 2.24) is 5.32 Å². The van der Waals surface area contributed by atoms with E-state index in [1.54, 1.807) is 0 Å². The molecule has 1 heterocycles. The fraction of sp³-hybridized carbons (Fsp3) is 0.533. The van der Waals surface area contributed by atoms with Crippen LogP contribution in [0.5, 0.6) is 0 Å². The summed E-state index contributed by atoms with van der Waals surface area (Å²) in [4.78, 5) is 12.3. The minimum atomic E-state index is -0.428. The molecule has 1 fully saturated rings. The van der Waals surface area contributed by atoms with Crippen molar-refractivity contribution < 1.29 is 9.53 Å². The molecule has 0 bridgehead atoms. The fourth-order valence-corrected chi connectivity index (χ4v) is 2.77. The number of piperidine rings is 1. The van der Waals surface area contributed by atoms with E-state index in [0.717, 1.165) is 30.0 Å². The van der Waals surface area contributed by atoms with Gasteiger partial charge in [-0.2, -0.15) is 0 Å². The number of nitrogens with one attached hydrogen (secondary N) is 1. The first-order valence-corrected chi connectivity index (χ1v) is 7.16. The second kappa shape index (κ2) is 7.87. The predicted molar refractivity (Wildman–Crippen MR) is 83.6 cm³/mol. The molecule has 5 heteroatoms. The van der Waals surface area contributed by atoms with E-state index in [4.69, 9.17) is 16.3 Å². The number of ether oxygens (including phenoxy) is 1. The second-order valence-electron chi connectivity index (χ2n) is 5.08. The van der Waals surface area contributed by atoms with Gasteiger partial charge in [-0.25, -0.2) is 0 Å². The van der Waals surface area contributed by atoms with Gasteiger partial charge in [0.05, 0.1) is 12.0 Å². The molecule has 1 aliphatic heterocycles. The monoisotopic (exact) mass is 317 g/mol. The zero-order valence-corrected chi connectivity index (χ0v) is 13.2. The van der Waals surface area contributed by atoms with Crippen LogP contribution in [0.1, 0.15) is 25.3 Å². The molecule has 1 aromatic rings. The minimum absolute atomic E-state index is 0. The first kappa shape index (κ1) is 17.3. The Kier molecular flexibility index (Phi) is 6.80. The molecule has 112 valence electrons. The highest BCUT2D eigenvalue weighted by Gasteiger charge is 2.40. The number of halogens is 2. The van der Waals surface area contributed by atoms with Gasteiger partial charge >= 0.3 is 5.97 Å². The molecule has 2 rings (SSSR count). The summed E-state index contributed by atoms with van der Waals surface area (Å²) in [6, 6.07) is 7.70. The van der Waals surface area contributed by atoms with Crippen LogP contribution in [0, 0.1) is 5.41 Å². The number of esters is 1. The largest absolute Gasteiger partial charge is 0.466 e. The van der Waals surface area contributed by atoms with Gasteiger partial charge in [-0.05, 0) is 50.4 Å². The van der Waals surface area contributed by atoms with Crippen molar-refractivity contribution in [1.29, 1.82) is 0 Å². The summed E-state index contributed by atoms with van der Waals surface area (Å²) in [6.07, 6.45) is 2.59. The Balaban J connectivity index is 0.00000200. The van der Waals surface area contributed by atoms with Crippen LogP contribution in [-0.2, 0) is 16.0 Å². The Morgan fingerprint density at radius 1 is 1.40 bits per heavy atom. The maximum atomic E-state index is 12.3. The number of rotatable bonds is 4. The van der Waals surface area contributed by atoms with Crippen LogP contribution >= 0.6 is 24.0 Å². The van der Waals surface area contributed by atoms with Crippen molar-refractivity contribution in [2.45, 2.75) is 26.2 Å². The summed E-state index contributed by atoms with van der Waals surface area (Å²) in [5.41, 5.74) is 0.698. The van der Waals surface area contributed by atoms with Crippen molar-refractivity contribution in [3.05, 3.63) is 34.9 Å². The smallest absolute Gasteiger partial charge is 0.313 e. The SMILES string of the molecule is CCOC(=O)C1(Cc2ccc(Cl)cc2)CCCNC1.Cl. The minimum Gasteiger partial charge on any atom is -0.466 e. The van der Waals surface area contributed by atoms with Crippen molar-refractivity contribution in [2.75, 3.05) is 19.7 Å². The van der Waals surface area contributed by atoms with Crippen LogP contribution in [0.15, 0.2) is 24.3 Å². The van der Waals surface area contributed by atoms with E-state index in [0.29, 0.717) is 19.6 Å². The summed E-state index contributed by atoms with van der Waals surface area (Å²) >= 11 is 5.90. The van der Waals surface area contributed by atoms with E-state index >= 15 is 0 Å². The molecule has 1 aliphatic rings. The van der Waals surface area contributed by atoms with Crippen molar-refractivity contribution in [3.63, 3.8) is 0 Å². The molecule has 0 amide bonds. The first-order chi connectivity index (χ1) is 9.16. The zero-order chi connectivity index (χ0) is 13.7. The maximum absolute atomic E-state index is 12.3. The summed E-state index contributed by atoms with van der Waals surface area (Å²) in [7, 11) is 0. The van der Waals surface area contributed by atoms with Crippen molar-refractivity contribution in [2.24, 2.45) is 5.41 Å². The van der Waals surface area contributed by atoms with Gasteiger partial charge in [-0.1, -0.05) is 23.7 Å². The third-order valence-corrected chi connectivity index (χ3v) is 3.89. The van der Waals surface area contributed by atoms with Gasteiger partial charge < -0.3 is 10.1 Å². The van der Waals surface area contributed by atoms with Crippen LogP contribution in [0.2, 0.25) is 5.02 Å². The Morgan fingerprint density at radius 3 is 2.65 bits per heavy atom. The quantitative estimate of drug-likeness (QED) is 0.866. The molecule has 0 spiro atoms. The highest BCUT2D eigenvalue weighted by atomic mass is 35.5. The van der Waals surface area contributed by atoms with E-state index in [2.05, 4.69) is 5.32 Å². The second-order valence-corrected chi connectivity index (χ2v) is 5.52. The zero-order valence-electron chi connectivity index (χ0n) is 11.7. The Labute approximate surface area is 131 Å². The number of carbonyl (C=O) groups excluding carboxylic acids is 1. The van der Waals surface area contributed by atoms with Gasteiger partial charge in [0.1, 0.15) is 0 Å². The van der Waals surface area contributed by atoms with E-state index in [9.17, 15) is 4.79 Å². The number of benzene rings is 1. The van der Waals surface area contributed by atoms with Crippen LogP contribution in [0.3, 0.4) is 0 Å². The van der Waals surface area contributed by atoms with Gasteiger partial charge in [-0.15, -0.1) is 12.4 Å². The molecule has 1 unspecified atom stereocenters. The topological polar surface area (TPSA) is 38.3 Å². The van der Waals surface area contributed by atoms with E-state index < -0.39 is 5.41 Å². The van der Waals surface area contributed by atoms with E-state index in [-0.39, 0.29) is 18.4 Å². The molecule has 1 atom stereocenters. The van der Waals surface area contributed by atoms with Gasteiger partial charge in [0, 0.05) is 11.6 Å². The fourth-order valence-electron chi connectivity index (χ4n) is 2.64. The normalized spacial score (nSPS) is 21.9. The standard InChI is InChI=1S/C15H20ClNO2.ClH/c1-2-19-14(18)15(8-3-9-17-11-15)10-12-4-6-13(16)7-5-12;/h4-7,17H,2-3,8-11H2,1H3;1H. The van der Waals surface area contributed by atoms with Crippen LogP contribution in [0.4, 0.5) is 0 Å². The number of hydrogen-bond acceptors (Lipinski definition) is 3. The van der Waals surface area contributed by atoms with Gasteiger partial charge in [0.2, 0.25) is 0 Å². The van der Waals surface area contributed by atoms with Gasteiger partial charge in [-0.3, -0.25) is 4.79 Å². The molecule has 1 aromatic carbocycles. The Bertz CT molecular complexity index is 428. The molecular weight excluding hydrogens is 297 g/mol. The molecule has 3 nitrogen and oxygen atoms in total.